The van der Waals surface area contributed by atoms with Crippen LogP contribution in [-0.4, -0.2) is 23.4 Å². The molecule has 0 unspecified atom stereocenters. The number of carbonyl (C=O) groups excluding carboxylic acids is 1. The van der Waals surface area contributed by atoms with Crippen LogP contribution in [0.1, 0.15) is 18.4 Å². The number of nitrogens with zero attached hydrogens (tertiary/aromatic N) is 1. The summed E-state index contributed by atoms with van der Waals surface area (Å²) >= 11 is 0. The van der Waals surface area contributed by atoms with Crippen LogP contribution in [0.2, 0.25) is 0 Å². The van der Waals surface area contributed by atoms with Gasteiger partial charge in [-0.1, -0.05) is 0 Å². The Labute approximate surface area is 102 Å². The molecule has 1 atom stereocenters. The van der Waals surface area contributed by atoms with Crippen molar-refractivity contribution < 1.29 is 18.0 Å². The van der Waals surface area contributed by atoms with Gasteiger partial charge in [0.1, 0.15) is 5.82 Å². The van der Waals surface area contributed by atoms with E-state index in [1.54, 1.807) is 4.90 Å². The van der Waals surface area contributed by atoms with E-state index in [1.165, 1.54) is 0 Å². The van der Waals surface area contributed by atoms with Gasteiger partial charge in [-0.15, -0.1) is 0 Å². The van der Waals surface area contributed by atoms with Crippen molar-refractivity contribution in [1.29, 1.82) is 0 Å². The van der Waals surface area contributed by atoms with Crippen LogP contribution >= 0.6 is 0 Å². The molecule has 1 saturated heterocycles. The lowest BCUT2D eigenvalue weighted by molar-refractivity contribution is -0.122. The first-order valence-electron chi connectivity index (χ1n) is 5.66. The van der Waals surface area contributed by atoms with Gasteiger partial charge in [-0.3, -0.25) is 9.69 Å². The smallest absolute Gasteiger partial charge is 0.234 e. The molecular weight excluding hydrogens is 245 g/mol. The maximum Gasteiger partial charge on any atom is 0.234 e. The SMILES string of the molecule is NC(=O)[C@H]1CCCN1Cc1cc(F)cc(F)c1F. The summed E-state index contributed by atoms with van der Waals surface area (Å²) in [6.07, 6.45) is 1.35. The highest BCUT2D eigenvalue weighted by atomic mass is 19.2. The molecule has 2 rings (SSSR count). The Morgan fingerprint density at radius 2 is 2.11 bits per heavy atom. The largest absolute Gasteiger partial charge is 0.368 e. The van der Waals surface area contributed by atoms with Gasteiger partial charge < -0.3 is 5.73 Å². The molecule has 0 radical (unpaired) electrons. The van der Waals surface area contributed by atoms with Crippen molar-refractivity contribution in [1.82, 2.24) is 4.90 Å². The molecule has 0 saturated carbocycles. The number of likely N-dealkylation sites (tertiary alicyclic amines) is 1. The first kappa shape index (κ1) is 12.9. The zero-order chi connectivity index (χ0) is 13.3. The summed E-state index contributed by atoms with van der Waals surface area (Å²) < 4.78 is 39.5. The highest BCUT2D eigenvalue weighted by molar-refractivity contribution is 5.80. The summed E-state index contributed by atoms with van der Waals surface area (Å²) in [4.78, 5) is 12.8. The third kappa shape index (κ3) is 2.48. The first-order chi connectivity index (χ1) is 8.49. The molecule has 1 aromatic rings. The molecule has 1 heterocycles. The Balaban J connectivity index is 2.21. The van der Waals surface area contributed by atoms with Gasteiger partial charge in [0.05, 0.1) is 6.04 Å². The van der Waals surface area contributed by atoms with Crippen molar-refractivity contribution in [2.75, 3.05) is 6.54 Å². The highest BCUT2D eigenvalue weighted by Crippen LogP contribution is 2.22. The van der Waals surface area contributed by atoms with Crippen molar-refractivity contribution in [2.24, 2.45) is 5.73 Å². The molecule has 0 bridgehead atoms. The Bertz CT molecular complexity index is 479. The second-order valence-corrected chi connectivity index (χ2v) is 4.39. The second kappa shape index (κ2) is 4.97. The van der Waals surface area contributed by atoms with Crippen molar-refractivity contribution >= 4 is 5.91 Å². The molecule has 1 aliphatic heterocycles. The normalized spacial score (nSPS) is 20.3. The van der Waals surface area contributed by atoms with E-state index in [0.29, 0.717) is 19.0 Å². The quantitative estimate of drug-likeness (QED) is 0.836. The molecule has 1 aliphatic rings. The maximum atomic E-state index is 13.5. The molecule has 1 amide bonds. The molecule has 1 aromatic carbocycles. The summed E-state index contributed by atoms with van der Waals surface area (Å²) in [6, 6.07) is 0.944. The predicted molar refractivity (Wildman–Crippen MR) is 58.9 cm³/mol. The lowest BCUT2D eigenvalue weighted by atomic mass is 10.1. The van der Waals surface area contributed by atoms with Crippen molar-refractivity contribution in [2.45, 2.75) is 25.4 Å². The van der Waals surface area contributed by atoms with Crippen LogP contribution in [0.25, 0.3) is 0 Å². The number of hydrogen-bond acceptors (Lipinski definition) is 2. The van der Waals surface area contributed by atoms with Crippen LogP contribution in [0.5, 0.6) is 0 Å². The number of carbonyl (C=O) groups is 1. The van der Waals surface area contributed by atoms with Crippen molar-refractivity contribution in [3.8, 4) is 0 Å². The Kier molecular flexibility index (Phi) is 3.56. The van der Waals surface area contributed by atoms with Gasteiger partial charge in [-0.05, 0) is 25.5 Å². The minimum Gasteiger partial charge on any atom is -0.368 e. The fourth-order valence-electron chi connectivity index (χ4n) is 2.28. The van der Waals surface area contributed by atoms with Crippen LogP contribution < -0.4 is 5.73 Å². The van der Waals surface area contributed by atoms with Crippen LogP contribution in [0.4, 0.5) is 13.2 Å². The van der Waals surface area contributed by atoms with Crippen LogP contribution in [0, 0.1) is 17.5 Å². The third-order valence-electron chi connectivity index (χ3n) is 3.13. The molecule has 18 heavy (non-hydrogen) atoms. The standard InChI is InChI=1S/C12H13F3N2O/c13-8-4-7(11(15)9(14)5-8)6-17-3-1-2-10(17)12(16)18/h4-5,10H,1-3,6H2,(H2,16,18)/t10-/m1/s1. The van der Waals surface area contributed by atoms with E-state index in [4.69, 9.17) is 5.73 Å². The third-order valence-corrected chi connectivity index (χ3v) is 3.13. The monoisotopic (exact) mass is 258 g/mol. The van der Waals surface area contributed by atoms with Crippen LogP contribution in [0.3, 0.4) is 0 Å². The molecule has 0 aliphatic carbocycles. The predicted octanol–water partition coefficient (Wildman–Crippen LogP) is 1.55. The lowest BCUT2D eigenvalue weighted by Crippen LogP contribution is -2.39. The molecule has 6 heteroatoms. The van der Waals surface area contributed by atoms with Gasteiger partial charge in [0.25, 0.3) is 0 Å². The summed E-state index contributed by atoms with van der Waals surface area (Å²) in [5.74, 6) is -3.63. The summed E-state index contributed by atoms with van der Waals surface area (Å²) in [6.45, 7) is 0.541. The van der Waals surface area contributed by atoms with Gasteiger partial charge in [0, 0.05) is 18.2 Å². The fourth-order valence-corrected chi connectivity index (χ4v) is 2.28. The zero-order valence-electron chi connectivity index (χ0n) is 9.63. The van der Waals surface area contributed by atoms with E-state index in [2.05, 4.69) is 0 Å². The number of halogens is 3. The first-order valence-corrected chi connectivity index (χ1v) is 5.66. The molecule has 3 nitrogen and oxygen atoms in total. The molecule has 1 fully saturated rings. The second-order valence-electron chi connectivity index (χ2n) is 4.39. The fraction of sp³-hybridized carbons (Fsp3) is 0.417. The lowest BCUT2D eigenvalue weighted by Gasteiger charge is -2.22. The number of rotatable bonds is 3. The van der Waals surface area contributed by atoms with E-state index in [-0.39, 0.29) is 12.1 Å². The topological polar surface area (TPSA) is 46.3 Å². The number of benzene rings is 1. The minimum absolute atomic E-state index is 0.0197. The van der Waals surface area contributed by atoms with Gasteiger partial charge in [0.2, 0.25) is 5.91 Å². The van der Waals surface area contributed by atoms with Gasteiger partial charge in [-0.2, -0.15) is 0 Å². The average Bonchev–Trinajstić information content (AvgIpc) is 2.73. The van der Waals surface area contributed by atoms with E-state index < -0.39 is 29.4 Å². The van der Waals surface area contributed by atoms with E-state index in [9.17, 15) is 18.0 Å². The average molecular weight is 258 g/mol. The Morgan fingerprint density at radius 3 is 2.78 bits per heavy atom. The molecule has 0 aromatic heterocycles. The molecule has 2 N–H and O–H groups in total. The number of amides is 1. The van der Waals surface area contributed by atoms with Gasteiger partial charge in [-0.25, -0.2) is 13.2 Å². The number of nitrogens with two attached hydrogens (primary N) is 1. The summed E-state index contributed by atoms with van der Waals surface area (Å²) in [5.41, 5.74) is 5.12. The van der Waals surface area contributed by atoms with Crippen molar-refractivity contribution in [3.05, 3.63) is 35.1 Å². The molecular formula is C12H13F3N2O. The molecule has 98 valence electrons. The minimum atomic E-state index is -1.22. The number of primary amides is 1. The highest BCUT2D eigenvalue weighted by Gasteiger charge is 2.29. The van der Waals surface area contributed by atoms with Crippen LogP contribution in [0.15, 0.2) is 12.1 Å². The number of hydrogen-bond donors (Lipinski definition) is 1. The zero-order valence-corrected chi connectivity index (χ0v) is 9.63. The van der Waals surface area contributed by atoms with Crippen LogP contribution in [-0.2, 0) is 11.3 Å². The maximum absolute atomic E-state index is 13.5. The van der Waals surface area contributed by atoms with E-state index in [1.807, 2.05) is 0 Å². The summed E-state index contributed by atoms with van der Waals surface area (Å²) in [7, 11) is 0. The Morgan fingerprint density at radius 1 is 1.39 bits per heavy atom. The van der Waals surface area contributed by atoms with Crippen molar-refractivity contribution in [3.63, 3.8) is 0 Å². The van der Waals surface area contributed by atoms with E-state index in [0.717, 1.165) is 12.5 Å². The van der Waals surface area contributed by atoms with Gasteiger partial charge >= 0.3 is 0 Å². The summed E-state index contributed by atoms with van der Waals surface area (Å²) in [5, 5.41) is 0. The Hall–Kier alpha value is -1.56. The van der Waals surface area contributed by atoms with E-state index >= 15 is 0 Å². The molecule has 0 spiro atoms. The van der Waals surface area contributed by atoms with Gasteiger partial charge in [0.15, 0.2) is 11.6 Å².